The molecule has 0 N–H and O–H groups in total. The average Bonchev–Trinajstić information content (AvgIpc) is 3.08. The van der Waals surface area contributed by atoms with Crippen LogP contribution in [0.5, 0.6) is 5.75 Å². The van der Waals surface area contributed by atoms with Gasteiger partial charge in [-0.25, -0.2) is 0 Å². The van der Waals surface area contributed by atoms with Crippen LogP contribution in [0.1, 0.15) is 48.0 Å². The zero-order valence-electron chi connectivity index (χ0n) is 16.7. The van der Waals surface area contributed by atoms with Crippen molar-refractivity contribution in [3.8, 4) is 5.75 Å². The van der Waals surface area contributed by atoms with E-state index < -0.39 is 0 Å². The number of aromatic nitrogens is 3. The summed E-state index contributed by atoms with van der Waals surface area (Å²) in [6, 6.07) is 14.8. The van der Waals surface area contributed by atoms with Gasteiger partial charge in [-0.1, -0.05) is 53.7 Å². The standard InChI is InChI=1S/C22H27N3OS/c1-6-25-21(18(5)26-20-9-7-8-16(3)17(20)4)23-24-22(25)27-14-19-12-10-15(2)11-13-19/h7-13,18H,6,14H2,1-5H3. The van der Waals surface area contributed by atoms with Crippen molar-refractivity contribution in [2.75, 3.05) is 0 Å². The summed E-state index contributed by atoms with van der Waals surface area (Å²) >= 11 is 1.71. The number of hydrogen-bond donors (Lipinski definition) is 0. The number of nitrogens with zero attached hydrogens (tertiary/aromatic N) is 3. The van der Waals surface area contributed by atoms with Crippen molar-refractivity contribution in [2.45, 2.75) is 58.2 Å². The Hall–Kier alpha value is -2.27. The number of hydrogen-bond acceptors (Lipinski definition) is 4. The molecule has 0 aliphatic carbocycles. The lowest BCUT2D eigenvalue weighted by Gasteiger charge is -2.17. The molecule has 0 spiro atoms. The molecule has 27 heavy (non-hydrogen) atoms. The van der Waals surface area contributed by atoms with Crippen LogP contribution in [0, 0.1) is 20.8 Å². The van der Waals surface area contributed by atoms with Gasteiger partial charge in [0.1, 0.15) is 5.75 Å². The molecule has 0 saturated carbocycles. The quantitative estimate of drug-likeness (QED) is 0.495. The summed E-state index contributed by atoms with van der Waals surface area (Å²) in [4.78, 5) is 0. The Bertz CT molecular complexity index is 902. The molecule has 3 aromatic rings. The molecule has 4 nitrogen and oxygen atoms in total. The van der Waals surface area contributed by atoms with E-state index in [9.17, 15) is 0 Å². The lowest BCUT2D eigenvalue weighted by molar-refractivity contribution is 0.208. The molecule has 0 aliphatic rings. The molecule has 3 rings (SSSR count). The third-order valence-corrected chi connectivity index (χ3v) is 5.81. The maximum atomic E-state index is 6.21. The summed E-state index contributed by atoms with van der Waals surface area (Å²) in [5.74, 6) is 2.65. The van der Waals surface area contributed by atoms with E-state index in [-0.39, 0.29) is 6.10 Å². The fourth-order valence-corrected chi connectivity index (χ4v) is 3.90. The average molecular weight is 382 g/mol. The van der Waals surface area contributed by atoms with E-state index in [1.54, 1.807) is 11.8 Å². The van der Waals surface area contributed by atoms with Gasteiger partial charge in [0.05, 0.1) is 0 Å². The SMILES string of the molecule is CCn1c(SCc2ccc(C)cc2)nnc1C(C)Oc1cccc(C)c1C. The maximum absolute atomic E-state index is 6.21. The number of aryl methyl sites for hydroxylation is 2. The lowest BCUT2D eigenvalue weighted by Crippen LogP contribution is -2.12. The zero-order valence-corrected chi connectivity index (χ0v) is 17.5. The normalized spacial score (nSPS) is 12.2. The van der Waals surface area contributed by atoms with Crippen LogP contribution in [0.2, 0.25) is 0 Å². The van der Waals surface area contributed by atoms with E-state index in [1.807, 2.05) is 19.1 Å². The highest BCUT2D eigenvalue weighted by molar-refractivity contribution is 7.98. The van der Waals surface area contributed by atoms with Crippen LogP contribution in [0.3, 0.4) is 0 Å². The van der Waals surface area contributed by atoms with E-state index in [4.69, 9.17) is 4.74 Å². The lowest BCUT2D eigenvalue weighted by atomic mass is 10.1. The minimum absolute atomic E-state index is 0.160. The van der Waals surface area contributed by atoms with Crippen LogP contribution in [0.25, 0.3) is 0 Å². The molecule has 0 radical (unpaired) electrons. The highest BCUT2D eigenvalue weighted by atomic mass is 32.2. The van der Waals surface area contributed by atoms with Crippen LogP contribution < -0.4 is 4.74 Å². The second-order valence-corrected chi connectivity index (χ2v) is 7.76. The molecule has 0 saturated heterocycles. The topological polar surface area (TPSA) is 39.9 Å². The second-order valence-electron chi connectivity index (χ2n) is 6.82. The Morgan fingerprint density at radius 3 is 2.48 bits per heavy atom. The van der Waals surface area contributed by atoms with Gasteiger partial charge in [0.25, 0.3) is 0 Å². The molecule has 2 aromatic carbocycles. The Morgan fingerprint density at radius 2 is 1.78 bits per heavy atom. The van der Waals surface area contributed by atoms with Gasteiger partial charge in [0.15, 0.2) is 17.1 Å². The van der Waals surface area contributed by atoms with Crippen molar-refractivity contribution in [1.29, 1.82) is 0 Å². The van der Waals surface area contributed by atoms with Gasteiger partial charge in [-0.2, -0.15) is 0 Å². The van der Waals surface area contributed by atoms with Gasteiger partial charge in [0, 0.05) is 12.3 Å². The van der Waals surface area contributed by atoms with E-state index in [0.717, 1.165) is 29.0 Å². The number of benzene rings is 2. The molecular formula is C22H27N3OS. The van der Waals surface area contributed by atoms with Crippen molar-refractivity contribution in [3.63, 3.8) is 0 Å². The van der Waals surface area contributed by atoms with Crippen molar-refractivity contribution < 1.29 is 4.74 Å². The monoisotopic (exact) mass is 381 g/mol. The first-order chi connectivity index (χ1) is 13.0. The van der Waals surface area contributed by atoms with Crippen molar-refractivity contribution in [2.24, 2.45) is 0 Å². The summed E-state index contributed by atoms with van der Waals surface area (Å²) in [7, 11) is 0. The molecule has 1 unspecified atom stereocenters. The first kappa shape index (κ1) is 19.5. The van der Waals surface area contributed by atoms with Crippen molar-refractivity contribution in [3.05, 3.63) is 70.5 Å². The highest BCUT2D eigenvalue weighted by Crippen LogP contribution is 2.29. The summed E-state index contributed by atoms with van der Waals surface area (Å²) < 4.78 is 8.36. The van der Waals surface area contributed by atoms with Crippen LogP contribution in [-0.4, -0.2) is 14.8 Å². The van der Waals surface area contributed by atoms with E-state index in [1.165, 1.54) is 22.3 Å². The molecular weight excluding hydrogens is 354 g/mol. The van der Waals surface area contributed by atoms with Gasteiger partial charge >= 0.3 is 0 Å². The van der Waals surface area contributed by atoms with Crippen LogP contribution in [-0.2, 0) is 12.3 Å². The Kier molecular flexibility index (Phi) is 6.22. The highest BCUT2D eigenvalue weighted by Gasteiger charge is 2.19. The predicted octanol–water partition coefficient (Wildman–Crippen LogP) is 5.66. The minimum atomic E-state index is -0.160. The van der Waals surface area contributed by atoms with Crippen molar-refractivity contribution in [1.82, 2.24) is 14.8 Å². The van der Waals surface area contributed by atoms with Gasteiger partial charge in [-0.15, -0.1) is 10.2 Å². The molecule has 5 heteroatoms. The van der Waals surface area contributed by atoms with Crippen LogP contribution >= 0.6 is 11.8 Å². The number of ether oxygens (including phenoxy) is 1. The number of rotatable bonds is 7. The van der Waals surface area contributed by atoms with E-state index in [0.29, 0.717) is 0 Å². The summed E-state index contributed by atoms with van der Waals surface area (Å²) in [5.41, 5.74) is 4.96. The Labute approximate surface area is 166 Å². The third-order valence-electron chi connectivity index (χ3n) is 4.77. The molecule has 0 amide bonds. The van der Waals surface area contributed by atoms with E-state index in [2.05, 4.69) is 72.8 Å². The summed E-state index contributed by atoms with van der Waals surface area (Å²) in [5, 5.41) is 9.78. The van der Waals surface area contributed by atoms with E-state index >= 15 is 0 Å². The maximum Gasteiger partial charge on any atom is 0.191 e. The Morgan fingerprint density at radius 1 is 1.04 bits per heavy atom. The summed E-state index contributed by atoms with van der Waals surface area (Å²) in [6.07, 6.45) is -0.160. The number of thioether (sulfide) groups is 1. The molecule has 0 bridgehead atoms. The third kappa shape index (κ3) is 4.53. The smallest absolute Gasteiger partial charge is 0.191 e. The largest absolute Gasteiger partial charge is 0.482 e. The predicted molar refractivity (Wildman–Crippen MR) is 111 cm³/mol. The zero-order chi connectivity index (χ0) is 19.4. The van der Waals surface area contributed by atoms with Gasteiger partial charge in [0.2, 0.25) is 0 Å². The fourth-order valence-electron chi connectivity index (χ4n) is 2.93. The first-order valence-corrected chi connectivity index (χ1v) is 10.3. The molecule has 1 heterocycles. The van der Waals surface area contributed by atoms with Gasteiger partial charge in [-0.3, -0.25) is 0 Å². The van der Waals surface area contributed by atoms with Crippen molar-refractivity contribution >= 4 is 11.8 Å². The Balaban J connectivity index is 1.74. The molecule has 0 fully saturated rings. The molecule has 1 atom stereocenters. The molecule has 142 valence electrons. The molecule has 0 aliphatic heterocycles. The van der Waals surface area contributed by atoms with Gasteiger partial charge in [-0.05, 0) is 57.4 Å². The van der Waals surface area contributed by atoms with Gasteiger partial charge < -0.3 is 9.30 Å². The fraction of sp³-hybridized carbons (Fsp3) is 0.364. The van der Waals surface area contributed by atoms with Crippen LogP contribution in [0.15, 0.2) is 47.6 Å². The first-order valence-electron chi connectivity index (χ1n) is 9.34. The molecule has 1 aromatic heterocycles. The second kappa shape index (κ2) is 8.61. The minimum Gasteiger partial charge on any atom is -0.482 e. The van der Waals surface area contributed by atoms with Crippen LogP contribution in [0.4, 0.5) is 0 Å². The summed E-state index contributed by atoms with van der Waals surface area (Å²) in [6.45, 7) is 11.3.